The fraction of sp³-hybridized carbons (Fsp3) is 0.583. The maximum Gasteiger partial charge on any atom is 0.142 e. The number of pyridine rings is 1. The predicted molar refractivity (Wildman–Crippen MR) is 72.7 cm³/mol. The number of nitrogens with zero attached hydrogens (tertiary/aromatic N) is 2. The van der Waals surface area contributed by atoms with Crippen LogP contribution in [0.1, 0.15) is 20.3 Å². The van der Waals surface area contributed by atoms with Crippen molar-refractivity contribution in [1.82, 2.24) is 4.98 Å². The van der Waals surface area contributed by atoms with E-state index in [0.717, 1.165) is 36.3 Å². The molecule has 0 saturated heterocycles. The molecule has 0 bridgehead atoms. The average Bonchev–Trinajstić information content (AvgIpc) is 2.24. The van der Waals surface area contributed by atoms with Crippen molar-refractivity contribution < 1.29 is 0 Å². The summed E-state index contributed by atoms with van der Waals surface area (Å²) in [5, 5.41) is 0. The number of hydrogen-bond acceptors (Lipinski definition) is 3. The van der Waals surface area contributed by atoms with Gasteiger partial charge in [0.25, 0.3) is 0 Å². The van der Waals surface area contributed by atoms with Crippen molar-refractivity contribution in [3.8, 4) is 0 Å². The minimum absolute atomic E-state index is 0.617. The lowest BCUT2D eigenvalue weighted by molar-refractivity contribution is 0.595. The summed E-state index contributed by atoms with van der Waals surface area (Å²) in [4.78, 5) is 6.72. The third-order valence-electron chi connectivity index (χ3n) is 2.26. The number of rotatable bonds is 6. The maximum atomic E-state index is 5.56. The molecule has 0 aromatic carbocycles. The van der Waals surface area contributed by atoms with E-state index in [2.05, 4.69) is 39.7 Å². The van der Waals surface area contributed by atoms with Crippen LogP contribution in [0.2, 0.25) is 0 Å². The van der Waals surface area contributed by atoms with Crippen LogP contribution < -0.4 is 10.6 Å². The first-order valence-corrected chi connectivity index (χ1v) is 6.50. The fourth-order valence-corrected chi connectivity index (χ4v) is 2.12. The van der Waals surface area contributed by atoms with Crippen molar-refractivity contribution in [2.75, 3.05) is 24.5 Å². The minimum atomic E-state index is 0.617. The smallest absolute Gasteiger partial charge is 0.142 e. The summed E-state index contributed by atoms with van der Waals surface area (Å²) in [6, 6.07) is 3.96. The van der Waals surface area contributed by atoms with Crippen LogP contribution in [0.25, 0.3) is 0 Å². The molecular weight excluding hydrogens is 266 g/mol. The molecule has 0 atom stereocenters. The van der Waals surface area contributed by atoms with Gasteiger partial charge in [0.05, 0.1) is 4.47 Å². The molecule has 1 rings (SSSR count). The molecule has 0 amide bonds. The quantitative estimate of drug-likeness (QED) is 0.874. The Kier molecular flexibility index (Phi) is 5.77. The van der Waals surface area contributed by atoms with Crippen molar-refractivity contribution in [2.45, 2.75) is 20.3 Å². The number of hydrogen-bond donors (Lipinski definition) is 1. The van der Waals surface area contributed by atoms with Crippen molar-refractivity contribution in [1.29, 1.82) is 0 Å². The summed E-state index contributed by atoms with van der Waals surface area (Å²) in [5.74, 6) is 1.64. The van der Waals surface area contributed by atoms with Gasteiger partial charge in [0.1, 0.15) is 5.82 Å². The summed E-state index contributed by atoms with van der Waals surface area (Å²) in [6.07, 6.45) is 2.82. The normalized spacial score (nSPS) is 10.8. The Balaban J connectivity index is 2.78. The Bertz CT molecular complexity index is 315. The van der Waals surface area contributed by atoms with Crippen molar-refractivity contribution in [3.63, 3.8) is 0 Å². The van der Waals surface area contributed by atoms with E-state index in [-0.39, 0.29) is 0 Å². The van der Waals surface area contributed by atoms with E-state index in [4.69, 9.17) is 5.73 Å². The Morgan fingerprint density at radius 1 is 1.50 bits per heavy atom. The van der Waals surface area contributed by atoms with Gasteiger partial charge >= 0.3 is 0 Å². The highest BCUT2D eigenvalue weighted by Gasteiger charge is 2.11. The zero-order valence-corrected chi connectivity index (χ0v) is 11.6. The first-order valence-electron chi connectivity index (χ1n) is 5.70. The molecule has 0 aliphatic carbocycles. The molecule has 16 heavy (non-hydrogen) atoms. The number of aromatic nitrogens is 1. The molecule has 0 saturated carbocycles. The third kappa shape index (κ3) is 4.10. The molecular formula is C12H20BrN3. The van der Waals surface area contributed by atoms with Crippen molar-refractivity contribution in [2.24, 2.45) is 11.7 Å². The molecule has 4 heteroatoms. The first kappa shape index (κ1) is 13.5. The summed E-state index contributed by atoms with van der Waals surface area (Å²) in [5.41, 5.74) is 5.56. The van der Waals surface area contributed by atoms with E-state index in [9.17, 15) is 0 Å². The van der Waals surface area contributed by atoms with Crippen LogP contribution in [0.3, 0.4) is 0 Å². The van der Waals surface area contributed by atoms with E-state index < -0.39 is 0 Å². The molecule has 1 aromatic heterocycles. The lowest BCUT2D eigenvalue weighted by atomic mass is 10.2. The molecule has 0 fully saturated rings. The molecule has 3 nitrogen and oxygen atoms in total. The molecule has 0 radical (unpaired) electrons. The van der Waals surface area contributed by atoms with Crippen molar-refractivity contribution in [3.05, 3.63) is 22.8 Å². The summed E-state index contributed by atoms with van der Waals surface area (Å²) >= 11 is 3.54. The van der Waals surface area contributed by atoms with Gasteiger partial charge in [-0.2, -0.15) is 0 Å². The van der Waals surface area contributed by atoms with E-state index >= 15 is 0 Å². The van der Waals surface area contributed by atoms with Gasteiger partial charge in [-0.05, 0) is 46.9 Å². The number of halogens is 1. The highest BCUT2D eigenvalue weighted by atomic mass is 79.9. The highest BCUT2D eigenvalue weighted by molar-refractivity contribution is 9.10. The Hall–Kier alpha value is -0.610. The maximum absolute atomic E-state index is 5.56. The molecule has 0 spiro atoms. The zero-order valence-electron chi connectivity index (χ0n) is 9.99. The minimum Gasteiger partial charge on any atom is -0.355 e. The molecule has 0 aliphatic heterocycles. The van der Waals surface area contributed by atoms with Crippen LogP contribution in [-0.2, 0) is 0 Å². The second-order valence-electron chi connectivity index (χ2n) is 4.29. The molecule has 0 aliphatic rings. The van der Waals surface area contributed by atoms with Gasteiger partial charge in [0.15, 0.2) is 0 Å². The molecule has 90 valence electrons. The SMILES string of the molecule is CC(C)CN(CCCN)c1ncccc1Br. The van der Waals surface area contributed by atoms with E-state index in [0.29, 0.717) is 5.92 Å². The van der Waals surface area contributed by atoms with Crippen LogP contribution in [0.15, 0.2) is 22.8 Å². The largest absolute Gasteiger partial charge is 0.355 e. The molecule has 2 N–H and O–H groups in total. The lowest BCUT2D eigenvalue weighted by Gasteiger charge is -2.26. The van der Waals surface area contributed by atoms with E-state index in [1.165, 1.54) is 0 Å². The summed E-state index contributed by atoms with van der Waals surface area (Å²) in [7, 11) is 0. The monoisotopic (exact) mass is 285 g/mol. The number of nitrogens with two attached hydrogens (primary N) is 1. The zero-order chi connectivity index (χ0) is 12.0. The first-order chi connectivity index (χ1) is 7.65. The Morgan fingerprint density at radius 3 is 2.81 bits per heavy atom. The van der Waals surface area contributed by atoms with Crippen molar-refractivity contribution >= 4 is 21.7 Å². The van der Waals surface area contributed by atoms with Crippen LogP contribution in [-0.4, -0.2) is 24.6 Å². The highest BCUT2D eigenvalue weighted by Crippen LogP contribution is 2.23. The standard InChI is InChI=1S/C12H20BrN3/c1-10(2)9-16(8-4-6-14)12-11(13)5-3-7-15-12/h3,5,7,10H,4,6,8-9,14H2,1-2H3. The van der Waals surface area contributed by atoms with Gasteiger partial charge in [-0.1, -0.05) is 13.8 Å². The van der Waals surface area contributed by atoms with E-state index in [1.54, 1.807) is 0 Å². The van der Waals surface area contributed by atoms with E-state index in [1.807, 2.05) is 18.3 Å². The second kappa shape index (κ2) is 6.86. The van der Waals surface area contributed by atoms with Crippen LogP contribution in [0.5, 0.6) is 0 Å². The van der Waals surface area contributed by atoms with Crippen LogP contribution in [0, 0.1) is 5.92 Å². The molecule has 1 heterocycles. The van der Waals surface area contributed by atoms with Gasteiger partial charge in [-0.15, -0.1) is 0 Å². The third-order valence-corrected chi connectivity index (χ3v) is 2.88. The summed E-state index contributed by atoms with van der Waals surface area (Å²) < 4.78 is 1.05. The topological polar surface area (TPSA) is 42.1 Å². The fourth-order valence-electron chi connectivity index (χ4n) is 1.62. The predicted octanol–water partition coefficient (Wildman–Crippen LogP) is 2.66. The Labute approximate surface area is 106 Å². The summed E-state index contributed by atoms with van der Waals surface area (Å²) in [6.45, 7) is 7.12. The van der Waals surface area contributed by atoms with Gasteiger partial charge in [0, 0.05) is 19.3 Å². The Morgan fingerprint density at radius 2 is 2.25 bits per heavy atom. The van der Waals surface area contributed by atoms with Gasteiger partial charge in [-0.3, -0.25) is 0 Å². The van der Waals surface area contributed by atoms with Gasteiger partial charge in [-0.25, -0.2) is 4.98 Å². The molecule has 0 unspecified atom stereocenters. The van der Waals surface area contributed by atoms with Gasteiger partial charge in [0.2, 0.25) is 0 Å². The van der Waals surface area contributed by atoms with Crippen LogP contribution in [0.4, 0.5) is 5.82 Å². The second-order valence-corrected chi connectivity index (χ2v) is 5.15. The lowest BCUT2D eigenvalue weighted by Crippen LogP contribution is -2.30. The average molecular weight is 286 g/mol. The van der Waals surface area contributed by atoms with Gasteiger partial charge < -0.3 is 10.6 Å². The number of anilines is 1. The molecule has 1 aromatic rings. The van der Waals surface area contributed by atoms with Crippen LogP contribution >= 0.6 is 15.9 Å².